The van der Waals surface area contributed by atoms with Gasteiger partial charge in [0.25, 0.3) is 0 Å². The zero-order valence-electron chi connectivity index (χ0n) is 7.56. The zero-order chi connectivity index (χ0) is 10.1. The lowest BCUT2D eigenvalue weighted by Gasteiger charge is -2.03. The Hall–Kier alpha value is -0.975. The Balaban J connectivity index is 2.70. The third-order valence-corrected chi connectivity index (χ3v) is 2.75. The first kappa shape index (κ1) is 9.58. The van der Waals surface area contributed by atoms with Gasteiger partial charge in [0.15, 0.2) is 0 Å². The molecule has 0 amide bonds. The largest absolute Gasteiger partial charge is 0.490 e. The van der Waals surface area contributed by atoms with E-state index in [0.717, 1.165) is 10.4 Å². The fourth-order valence-electron chi connectivity index (χ4n) is 1.36. The Morgan fingerprint density at radius 3 is 2.86 bits per heavy atom. The van der Waals surface area contributed by atoms with Crippen molar-refractivity contribution in [3.8, 4) is 0 Å². The normalized spacial score (nSPS) is 10.8. The monoisotopic (exact) mass is 208 g/mol. The highest BCUT2D eigenvalue weighted by Crippen LogP contribution is 2.18. The van der Waals surface area contributed by atoms with Gasteiger partial charge in [-0.15, -0.1) is 11.8 Å². The van der Waals surface area contributed by atoms with Crippen molar-refractivity contribution in [2.24, 2.45) is 0 Å². The molecule has 1 aromatic heterocycles. The van der Waals surface area contributed by atoms with Crippen molar-refractivity contribution in [2.75, 3.05) is 6.26 Å². The molecule has 2 aromatic rings. The quantitative estimate of drug-likeness (QED) is 0.478. The zero-order valence-corrected chi connectivity index (χ0v) is 8.38. The summed E-state index contributed by atoms with van der Waals surface area (Å²) in [5.74, 6) is 0. The van der Waals surface area contributed by atoms with E-state index in [1.54, 1.807) is 24.2 Å². The first-order valence-corrected chi connectivity index (χ1v) is 5.32. The molecule has 0 aliphatic heterocycles. The number of imidazole rings is 1. The van der Waals surface area contributed by atoms with E-state index < -0.39 is 7.12 Å². The number of hydrogen-bond donors (Lipinski definition) is 3. The van der Waals surface area contributed by atoms with Crippen LogP contribution < -0.4 is 5.46 Å². The topological polar surface area (TPSA) is 69.1 Å². The van der Waals surface area contributed by atoms with Gasteiger partial charge in [-0.05, 0) is 18.4 Å². The molecule has 0 atom stereocenters. The van der Waals surface area contributed by atoms with Crippen LogP contribution in [0.25, 0.3) is 11.0 Å². The number of benzene rings is 1. The maximum atomic E-state index is 9.15. The average molecular weight is 208 g/mol. The van der Waals surface area contributed by atoms with Gasteiger partial charge in [-0.1, -0.05) is 0 Å². The summed E-state index contributed by atoms with van der Waals surface area (Å²) in [4.78, 5) is 7.95. The molecule has 14 heavy (non-hydrogen) atoms. The highest BCUT2D eigenvalue weighted by atomic mass is 32.2. The lowest BCUT2D eigenvalue weighted by Crippen LogP contribution is -2.30. The highest BCUT2D eigenvalue weighted by molar-refractivity contribution is 7.98. The maximum Gasteiger partial charge on any atom is 0.490 e. The Bertz CT molecular complexity index is 458. The number of H-pyrrole nitrogens is 1. The smallest absolute Gasteiger partial charge is 0.423 e. The lowest BCUT2D eigenvalue weighted by atomic mass is 9.79. The van der Waals surface area contributed by atoms with Crippen molar-refractivity contribution < 1.29 is 10.0 Å². The summed E-state index contributed by atoms with van der Waals surface area (Å²) in [6.45, 7) is 0. The van der Waals surface area contributed by atoms with Crippen LogP contribution in [0.3, 0.4) is 0 Å². The van der Waals surface area contributed by atoms with Crippen LogP contribution in [0.5, 0.6) is 0 Å². The van der Waals surface area contributed by atoms with E-state index >= 15 is 0 Å². The molecule has 0 aliphatic carbocycles. The minimum Gasteiger partial charge on any atom is -0.423 e. The van der Waals surface area contributed by atoms with Crippen molar-refractivity contribution in [3.63, 3.8) is 0 Å². The first-order chi connectivity index (χ1) is 6.72. The van der Waals surface area contributed by atoms with E-state index in [9.17, 15) is 0 Å². The van der Waals surface area contributed by atoms with Gasteiger partial charge >= 0.3 is 7.12 Å². The number of nitrogens with one attached hydrogen (secondary N) is 1. The van der Waals surface area contributed by atoms with Gasteiger partial charge < -0.3 is 15.0 Å². The molecule has 0 unspecified atom stereocenters. The Kier molecular flexibility index (Phi) is 2.49. The van der Waals surface area contributed by atoms with Crippen molar-refractivity contribution in [1.29, 1.82) is 0 Å². The molecule has 2 rings (SSSR count). The third-order valence-electron chi connectivity index (χ3n) is 2.04. The van der Waals surface area contributed by atoms with Gasteiger partial charge in [-0.2, -0.15) is 0 Å². The molecule has 1 heterocycles. The molecule has 1 aromatic carbocycles. The van der Waals surface area contributed by atoms with Crippen LogP contribution in [0.4, 0.5) is 0 Å². The number of thioether (sulfide) groups is 1. The standard InChI is InChI=1S/C8H9BN2O2S/c1-14-5-2-6(9(12)13)8-7(3-5)10-4-11-8/h2-4,12-13H,1H3,(H,10,11). The molecule has 0 saturated carbocycles. The van der Waals surface area contributed by atoms with Crippen LogP contribution in [-0.2, 0) is 0 Å². The SMILES string of the molecule is CSc1cc(B(O)O)c2nc[nH]c2c1. The molecule has 6 heteroatoms. The fourth-order valence-corrected chi connectivity index (χ4v) is 1.85. The number of rotatable bonds is 2. The summed E-state index contributed by atoms with van der Waals surface area (Å²) in [5.41, 5.74) is 1.87. The summed E-state index contributed by atoms with van der Waals surface area (Å²) in [6, 6.07) is 3.66. The third kappa shape index (κ3) is 1.52. The van der Waals surface area contributed by atoms with Gasteiger partial charge in [0, 0.05) is 10.4 Å². The summed E-state index contributed by atoms with van der Waals surface area (Å²) in [5, 5.41) is 18.3. The minimum atomic E-state index is -1.48. The molecular weight excluding hydrogens is 199 g/mol. The summed E-state index contributed by atoms with van der Waals surface area (Å²) < 4.78 is 0. The highest BCUT2D eigenvalue weighted by Gasteiger charge is 2.17. The van der Waals surface area contributed by atoms with Crippen LogP contribution in [0, 0.1) is 0 Å². The molecular formula is C8H9BN2O2S. The molecule has 0 spiro atoms. The van der Waals surface area contributed by atoms with Crippen LogP contribution in [0.2, 0.25) is 0 Å². The van der Waals surface area contributed by atoms with E-state index in [0.29, 0.717) is 11.0 Å². The summed E-state index contributed by atoms with van der Waals surface area (Å²) in [6.07, 6.45) is 3.48. The molecule has 0 radical (unpaired) electrons. The average Bonchev–Trinajstić information content (AvgIpc) is 2.63. The van der Waals surface area contributed by atoms with Crippen LogP contribution in [-0.4, -0.2) is 33.4 Å². The summed E-state index contributed by atoms with van der Waals surface area (Å²) in [7, 11) is -1.48. The Labute approximate surface area is 85.5 Å². The van der Waals surface area contributed by atoms with E-state index in [4.69, 9.17) is 10.0 Å². The molecule has 0 fully saturated rings. The lowest BCUT2D eigenvalue weighted by molar-refractivity contribution is 0.426. The van der Waals surface area contributed by atoms with E-state index in [2.05, 4.69) is 9.97 Å². The fraction of sp³-hybridized carbons (Fsp3) is 0.125. The van der Waals surface area contributed by atoms with Crippen molar-refractivity contribution in [1.82, 2.24) is 9.97 Å². The van der Waals surface area contributed by atoms with Crippen LogP contribution >= 0.6 is 11.8 Å². The molecule has 0 aliphatic rings. The number of aromatic amines is 1. The van der Waals surface area contributed by atoms with Gasteiger partial charge in [0.05, 0.1) is 17.4 Å². The van der Waals surface area contributed by atoms with Gasteiger partial charge in [0.1, 0.15) is 0 Å². The van der Waals surface area contributed by atoms with Crippen LogP contribution in [0.15, 0.2) is 23.4 Å². The van der Waals surface area contributed by atoms with E-state index in [-0.39, 0.29) is 0 Å². The van der Waals surface area contributed by atoms with E-state index in [1.807, 2.05) is 12.3 Å². The molecule has 3 N–H and O–H groups in total. The Morgan fingerprint density at radius 2 is 2.21 bits per heavy atom. The number of fused-ring (bicyclic) bond motifs is 1. The molecule has 0 saturated heterocycles. The van der Waals surface area contributed by atoms with Gasteiger partial charge in [0.2, 0.25) is 0 Å². The maximum absolute atomic E-state index is 9.15. The number of aromatic nitrogens is 2. The minimum absolute atomic E-state index is 0.438. The second-order valence-corrected chi connectivity index (χ2v) is 3.77. The number of nitrogens with zero attached hydrogens (tertiary/aromatic N) is 1. The Morgan fingerprint density at radius 1 is 1.43 bits per heavy atom. The second kappa shape index (κ2) is 3.64. The van der Waals surface area contributed by atoms with Crippen molar-refractivity contribution in [3.05, 3.63) is 18.5 Å². The second-order valence-electron chi connectivity index (χ2n) is 2.89. The molecule has 0 bridgehead atoms. The molecule has 4 nitrogen and oxygen atoms in total. The molecule has 72 valence electrons. The summed E-state index contributed by atoms with van der Waals surface area (Å²) >= 11 is 1.55. The predicted octanol–water partition coefficient (Wildman–Crippen LogP) is -0.0354. The van der Waals surface area contributed by atoms with Gasteiger partial charge in [-0.25, -0.2) is 4.98 Å². The van der Waals surface area contributed by atoms with Gasteiger partial charge in [-0.3, -0.25) is 0 Å². The predicted molar refractivity (Wildman–Crippen MR) is 57.7 cm³/mol. The number of hydrogen-bond acceptors (Lipinski definition) is 4. The van der Waals surface area contributed by atoms with E-state index in [1.165, 1.54) is 0 Å². The van der Waals surface area contributed by atoms with Crippen molar-refractivity contribution >= 4 is 35.4 Å². The van der Waals surface area contributed by atoms with Crippen LogP contribution in [0.1, 0.15) is 0 Å². The first-order valence-electron chi connectivity index (χ1n) is 4.09. The van der Waals surface area contributed by atoms with Crippen molar-refractivity contribution in [2.45, 2.75) is 4.90 Å².